The second-order valence-electron chi connectivity index (χ2n) is 9.31. The Labute approximate surface area is 228 Å². The molecule has 2 aromatic carbocycles. The lowest BCUT2D eigenvalue weighted by Crippen LogP contribution is -2.60. The molecule has 0 bridgehead atoms. The highest BCUT2D eigenvalue weighted by molar-refractivity contribution is 5.92. The van der Waals surface area contributed by atoms with Gasteiger partial charge < -0.3 is 64.5 Å². The number of ether oxygens (including phenoxy) is 5. The zero-order valence-electron chi connectivity index (χ0n) is 21.0. The minimum atomic E-state index is -1.69. The molecular weight excluding hydrogens is 536 g/mol. The number of rotatable bonds is 9. The quantitative estimate of drug-likeness (QED) is 0.145. The molecule has 2 fully saturated rings. The molecule has 14 heteroatoms. The van der Waals surface area contributed by atoms with E-state index in [-0.39, 0.29) is 23.7 Å². The van der Waals surface area contributed by atoms with E-state index in [1.807, 2.05) is 0 Å². The molecule has 10 unspecified atom stereocenters. The maximum Gasteiger partial charge on any atom is 0.342 e. The molecule has 2 aliphatic heterocycles. The third kappa shape index (κ3) is 6.37. The van der Waals surface area contributed by atoms with Crippen molar-refractivity contribution < 1.29 is 69.3 Å². The van der Waals surface area contributed by atoms with Gasteiger partial charge >= 0.3 is 5.97 Å². The van der Waals surface area contributed by atoms with E-state index in [4.69, 9.17) is 23.7 Å². The van der Waals surface area contributed by atoms with Crippen molar-refractivity contribution >= 4 is 5.97 Å². The lowest BCUT2D eigenvalue weighted by molar-refractivity contribution is -0.277. The first-order valence-electron chi connectivity index (χ1n) is 12.4. The fourth-order valence-electron chi connectivity index (χ4n) is 4.28. The summed E-state index contributed by atoms with van der Waals surface area (Å²) in [5, 5.41) is 79.3. The third-order valence-electron chi connectivity index (χ3n) is 6.62. The van der Waals surface area contributed by atoms with Crippen molar-refractivity contribution in [2.45, 2.75) is 68.0 Å². The molecule has 2 heterocycles. The molecule has 8 N–H and O–H groups in total. The third-order valence-corrected chi connectivity index (χ3v) is 6.62. The standard InChI is InChI=1S/C26H32O14/c27-9-16-18(29)20(31)22(33)25(39-16)37-14-7-3-1-5-12(14)11-36-24(35)13-6-2-4-8-15(13)38-26-23(34)21(32)19(30)17(10-28)40-26/h1-8,16-23,25-34H,9-11H2. The Bertz CT molecular complexity index is 1130. The molecule has 220 valence electrons. The summed E-state index contributed by atoms with van der Waals surface area (Å²) in [5.74, 6) is -0.781. The predicted molar refractivity (Wildman–Crippen MR) is 131 cm³/mol. The van der Waals surface area contributed by atoms with Crippen LogP contribution < -0.4 is 9.47 Å². The summed E-state index contributed by atoms with van der Waals surface area (Å²) in [6, 6.07) is 12.2. The molecule has 0 spiro atoms. The normalized spacial score (nSPS) is 34.2. The van der Waals surface area contributed by atoms with E-state index in [1.54, 1.807) is 24.3 Å². The van der Waals surface area contributed by atoms with Crippen LogP contribution in [-0.2, 0) is 20.8 Å². The first-order valence-corrected chi connectivity index (χ1v) is 12.4. The van der Waals surface area contributed by atoms with Gasteiger partial charge in [0.05, 0.1) is 13.2 Å². The van der Waals surface area contributed by atoms with Gasteiger partial charge in [-0.1, -0.05) is 30.3 Å². The van der Waals surface area contributed by atoms with Crippen LogP contribution in [0, 0.1) is 0 Å². The van der Waals surface area contributed by atoms with Crippen LogP contribution in [0.25, 0.3) is 0 Å². The van der Waals surface area contributed by atoms with Crippen molar-refractivity contribution in [2.75, 3.05) is 13.2 Å². The lowest BCUT2D eigenvalue weighted by atomic mass is 9.99. The van der Waals surface area contributed by atoms with Gasteiger partial charge in [0, 0.05) is 5.56 Å². The largest absolute Gasteiger partial charge is 0.462 e. The molecule has 0 aliphatic carbocycles. The second-order valence-corrected chi connectivity index (χ2v) is 9.31. The monoisotopic (exact) mass is 568 g/mol. The first-order chi connectivity index (χ1) is 19.2. The Morgan fingerprint density at radius 2 is 1.12 bits per heavy atom. The van der Waals surface area contributed by atoms with Crippen LogP contribution in [0.5, 0.6) is 11.5 Å². The molecule has 14 nitrogen and oxygen atoms in total. The SMILES string of the molecule is O=C(OCc1ccccc1OC1OC(CO)C(O)C(O)C1O)c1ccccc1OC1OC(CO)C(O)C(O)C1O. The number of carbonyl (C=O) groups is 1. The van der Waals surface area contributed by atoms with Gasteiger partial charge in [-0.25, -0.2) is 4.79 Å². The summed E-state index contributed by atoms with van der Waals surface area (Å²) >= 11 is 0. The number of carbonyl (C=O) groups excluding carboxylic acids is 1. The molecule has 0 aromatic heterocycles. The highest BCUT2D eigenvalue weighted by Gasteiger charge is 2.46. The molecule has 0 saturated carbocycles. The van der Waals surface area contributed by atoms with Crippen molar-refractivity contribution in [2.24, 2.45) is 0 Å². The minimum Gasteiger partial charge on any atom is -0.462 e. The van der Waals surface area contributed by atoms with E-state index in [2.05, 4.69) is 0 Å². The van der Waals surface area contributed by atoms with E-state index in [0.717, 1.165) is 0 Å². The topological polar surface area (TPSA) is 225 Å². The first kappa shape index (κ1) is 30.1. The predicted octanol–water partition coefficient (Wildman–Crippen LogP) is -2.60. The van der Waals surface area contributed by atoms with Gasteiger partial charge in [-0.15, -0.1) is 0 Å². The molecule has 2 saturated heterocycles. The summed E-state index contributed by atoms with van der Waals surface area (Å²) < 4.78 is 27.4. The zero-order chi connectivity index (χ0) is 29.0. The molecule has 2 aromatic rings. The van der Waals surface area contributed by atoms with Crippen LogP contribution >= 0.6 is 0 Å². The second kappa shape index (κ2) is 13.2. The zero-order valence-corrected chi connectivity index (χ0v) is 21.0. The van der Waals surface area contributed by atoms with Crippen LogP contribution in [0.1, 0.15) is 15.9 Å². The summed E-state index contributed by atoms with van der Waals surface area (Å²) in [6.45, 7) is -1.60. The number of aliphatic hydroxyl groups is 8. The Hall–Kier alpha value is -2.89. The van der Waals surface area contributed by atoms with Crippen molar-refractivity contribution in [3.8, 4) is 11.5 Å². The van der Waals surface area contributed by atoms with Crippen LogP contribution in [0.2, 0.25) is 0 Å². The number of para-hydroxylation sites is 2. The van der Waals surface area contributed by atoms with Gasteiger partial charge in [0.2, 0.25) is 12.6 Å². The Morgan fingerprint density at radius 1 is 0.650 bits per heavy atom. The van der Waals surface area contributed by atoms with Gasteiger partial charge in [0.1, 0.15) is 72.5 Å². The summed E-state index contributed by atoms with van der Waals surface area (Å²) in [7, 11) is 0. The van der Waals surface area contributed by atoms with Crippen molar-refractivity contribution in [3.05, 3.63) is 59.7 Å². The molecule has 2 aliphatic rings. The van der Waals surface area contributed by atoms with Crippen molar-refractivity contribution in [1.82, 2.24) is 0 Å². The van der Waals surface area contributed by atoms with Crippen LogP contribution in [0.3, 0.4) is 0 Å². The molecular formula is C26H32O14. The Balaban J connectivity index is 1.44. The maximum atomic E-state index is 13.0. The summed E-state index contributed by atoms with van der Waals surface area (Å²) in [4.78, 5) is 13.0. The van der Waals surface area contributed by atoms with E-state index in [9.17, 15) is 45.6 Å². The van der Waals surface area contributed by atoms with Gasteiger partial charge in [-0.3, -0.25) is 0 Å². The molecule has 4 rings (SSSR count). The number of hydrogen-bond donors (Lipinski definition) is 8. The molecule has 40 heavy (non-hydrogen) atoms. The highest BCUT2D eigenvalue weighted by atomic mass is 16.7. The molecule has 0 radical (unpaired) electrons. The van der Waals surface area contributed by atoms with Crippen LogP contribution in [-0.4, -0.2) is 121 Å². The van der Waals surface area contributed by atoms with Gasteiger partial charge in [-0.2, -0.15) is 0 Å². The van der Waals surface area contributed by atoms with Crippen molar-refractivity contribution in [3.63, 3.8) is 0 Å². The fourth-order valence-corrected chi connectivity index (χ4v) is 4.28. The van der Waals surface area contributed by atoms with Gasteiger partial charge in [-0.05, 0) is 18.2 Å². The molecule has 10 atom stereocenters. The Morgan fingerprint density at radius 3 is 1.68 bits per heavy atom. The fraction of sp³-hybridized carbons (Fsp3) is 0.500. The average Bonchev–Trinajstić information content (AvgIpc) is 2.97. The van der Waals surface area contributed by atoms with Crippen molar-refractivity contribution in [1.29, 1.82) is 0 Å². The van der Waals surface area contributed by atoms with E-state index >= 15 is 0 Å². The number of hydrogen-bond acceptors (Lipinski definition) is 14. The lowest BCUT2D eigenvalue weighted by Gasteiger charge is -2.39. The van der Waals surface area contributed by atoms with E-state index in [1.165, 1.54) is 24.3 Å². The van der Waals surface area contributed by atoms with Crippen LogP contribution in [0.15, 0.2) is 48.5 Å². The van der Waals surface area contributed by atoms with Gasteiger partial charge in [0.25, 0.3) is 0 Å². The van der Waals surface area contributed by atoms with Crippen LogP contribution in [0.4, 0.5) is 0 Å². The summed E-state index contributed by atoms with van der Waals surface area (Å²) in [6.07, 6.45) is -15.1. The van der Waals surface area contributed by atoms with Gasteiger partial charge in [0.15, 0.2) is 0 Å². The van der Waals surface area contributed by atoms with E-state index < -0.39 is 80.6 Å². The Kier molecular flexibility index (Phi) is 9.91. The average molecular weight is 569 g/mol. The number of esters is 1. The maximum absolute atomic E-state index is 13.0. The molecule has 0 amide bonds. The highest BCUT2D eigenvalue weighted by Crippen LogP contribution is 2.29. The van der Waals surface area contributed by atoms with E-state index in [0.29, 0.717) is 5.56 Å². The number of benzene rings is 2. The number of aliphatic hydroxyl groups excluding tert-OH is 8. The summed E-state index contributed by atoms with van der Waals surface area (Å²) in [5.41, 5.74) is 0.284. The smallest absolute Gasteiger partial charge is 0.342 e. The minimum absolute atomic E-state index is 0.0632.